The molecule has 0 atom stereocenters. The Labute approximate surface area is 179 Å². The highest BCUT2D eigenvalue weighted by molar-refractivity contribution is 6.01. The van der Waals surface area contributed by atoms with Gasteiger partial charge in [-0.1, -0.05) is 6.92 Å². The van der Waals surface area contributed by atoms with Crippen molar-refractivity contribution in [3.05, 3.63) is 58.7 Å². The molecule has 2 aromatic carbocycles. The highest BCUT2D eigenvalue weighted by atomic mass is 16.6. The summed E-state index contributed by atoms with van der Waals surface area (Å²) in [6.07, 6.45) is 3.60. The smallest absolute Gasteiger partial charge is 0.342 e. The van der Waals surface area contributed by atoms with Crippen molar-refractivity contribution in [2.45, 2.75) is 13.3 Å². The number of rotatable bonds is 11. The minimum absolute atomic E-state index is 0.00545. The number of phenols is 2. The number of carbonyl (C=O) groups excluding carboxylic acids is 2. The maximum atomic E-state index is 12.1. The predicted octanol–water partition coefficient (Wildman–Crippen LogP) is 2.31. The van der Waals surface area contributed by atoms with Gasteiger partial charge in [0.15, 0.2) is 5.78 Å². The average Bonchev–Trinajstić information content (AvgIpc) is 2.77. The van der Waals surface area contributed by atoms with Crippen LogP contribution in [0.4, 0.5) is 0 Å². The van der Waals surface area contributed by atoms with Gasteiger partial charge in [0.05, 0.1) is 24.6 Å². The van der Waals surface area contributed by atoms with Crippen LogP contribution in [0.1, 0.15) is 45.2 Å². The van der Waals surface area contributed by atoms with Gasteiger partial charge in [0.1, 0.15) is 30.3 Å². The minimum atomic E-state index is -0.719. The van der Waals surface area contributed by atoms with E-state index in [1.54, 1.807) is 6.07 Å². The molecule has 3 N–H and O–H groups in total. The zero-order valence-electron chi connectivity index (χ0n) is 17.0. The van der Waals surface area contributed by atoms with Crippen molar-refractivity contribution >= 4 is 24.2 Å². The van der Waals surface area contributed by atoms with E-state index in [0.717, 1.165) is 6.42 Å². The third-order valence-electron chi connectivity index (χ3n) is 3.99. The topological polar surface area (TPSA) is 138 Å². The Morgan fingerprint density at radius 3 is 2.06 bits per heavy atom. The first-order valence-electron chi connectivity index (χ1n) is 9.57. The maximum Gasteiger partial charge on any atom is 0.342 e. The first-order chi connectivity index (χ1) is 15.0. The summed E-state index contributed by atoms with van der Waals surface area (Å²) in [5, 5.41) is 36.2. The van der Waals surface area contributed by atoms with Crippen molar-refractivity contribution in [2.24, 2.45) is 10.2 Å². The third kappa shape index (κ3) is 7.32. The van der Waals surface area contributed by atoms with Crippen LogP contribution in [0.5, 0.6) is 11.5 Å². The van der Waals surface area contributed by atoms with Crippen LogP contribution < -0.4 is 0 Å². The number of Topliss-reactive ketones (excluding diaryl/α,β-unsaturated/α-hetero) is 1. The molecule has 9 nitrogen and oxygen atoms in total. The molecule has 0 saturated carbocycles. The molecule has 0 aliphatic rings. The van der Waals surface area contributed by atoms with E-state index in [0.29, 0.717) is 17.7 Å². The Balaban J connectivity index is 2.02. The van der Waals surface area contributed by atoms with E-state index < -0.39 is 18.4 Å². The van der Waals surface area contributed by atoms with E-state index >= 15 is 0 Å². The van der Waals surface area contributed by atoms with Gasteiger partial charge < -0.3 is 24.8 Å². The third-order valence-corrected chi connectivity index (χ3v) is 3.99. The SMILES string of the molecule is CCCOCCOC(=O)c1cc(C=NN=Cc2ccc(O)c(C(=O)CO)c2)ccc1O. The maximum absolute atomic E-state index is 12.1. The van der Waals surface area contributed by atoms with Gasteiger partial charge in [0.25, 0.3) is 0 Å². The van der Waals surface area contributed by atoms with Crippen LogP contribution >= 0.6 is 0 Å². The molecule has 2 aromatic rings. The number of aliphatic hydroxyl groups excluding tert-OH is 1. The van der Waals surface area contributed by atoms with Gasteiger partial charge in [-0.05, 0) is 53.9 Å². The fourth-order valence-electron chi connectivity index (χ4n) is 2.46. The van der Waals surface area contributed by atoms with Crippen molar-refractivity contribution in [1.82, 2.24) is 0 Å². The van der Waals surface area contributed by atoms with Crippen LogP contribution in [0.15, 0.2) is 46.6 Å². The van der Waals surface area contributed by atoms with Crippen molar-refractivity contribution in [3.8, 4) is 11.5 Å². The van der Waals surface area contributed by atoms with E-state index in [-0.39, 0.29) is 35.8 Å². The molecule has 2 rings (SSSR count). The lowest BCUT2D eigenvalue weighted by Gasteiger charge is -2.07. The number of nitrogens with zero attached hydrogens (tertiary/aromatic N) is 2. The van der Waals surface area contributed by atoms with Crippen LogP contribution in [0.25, 0.3) is 0 Å². The summed E-state index contributed by atoms with van der Waals surface area (Å²) >= 11 is 0. The predicted molar refractivity (Wildman–Crippen MR) is 114 cm³/mol. The molecule has 31 heavy (non-hydrogen) atoms. The number of hydrogen-bond acceptors (Lipinski definition) is 9. The number of carbonyl (C=O) groups is 2. The molecule has 0 spiro atoms. The average molecular weight is 428 g/mol. The minimum Gasteiger partial charge on any atom is -0.507 e. The van der Waals surface area contributed by atoms with Gasteiger partial charge in [-0.15, -0.1) is 0 Å². The van der Waals surface area contributed by atoms with Gasteiger partial charge >= 0.3 is 5.97 Å². The summed E-state index contributed by atoms with van der Waals surface area (Å²) in [4.78, 5) is 23.7. The van der Waals surface area contributed by atoms with Gasteiger partial charge in [0, 0.05) is 6.61 Å². The molecule has 0 radical (unpaired) electrons. The molecule has 0 bridgehead atoms. The fourth-order valence-corrected chi connectivity index (χ4v) is 2.46. The summed E-state index contributed by atoms with van der Waals surface area (Å²) in [6, 6.07) is 8.55. The Morgan fingerprint density at radius 1 is 0.903 bits per heavy atom. The number of aliphatic hydroxyl groups is 1. The highest BCUT2D eigenvalue weighted by Crippen LogP contribution is 2.19. The van der Waals surface area contributed by atoms with Gasteiger partial charge in [-0.25, -0.2) is 4.79 Å². The number of ether oxygens (including phenoxy) is 2. The first-order valence-corrected chi connectivity index (χ1v) is 9.57. The second kappa shape index (κ2) is 12.2. The lowest BCUT2D eigenvalue weighted by Crippen LogP contribution is -2.11. The number of aromatic hydroxyl groups is 2. The van der Waals surface area contributed by atoms with E-state index in [9.17, 15) is 19.8 Å². The largest absolute Gasteiger partial charge is 0.507 e. The number of benzene rings is 2. The van der Waals surface area contributed by atoms with Crippen LogP contribution in [0.2, 0.25) is 0 Å². The second-order valence-electron chi connectivity index (χ2n) is 6.37. The molecule has 0 aliphatic carbocycles. The molecule has 0 aliphatic heterocycles. The Kier molecular flexibility index (Phi) is 9.34. The molecule has 0 fully saturated rings. The quantitative estimate of drug-likeness (QED) is 0.164. The van der Waals surface area contributed by atoms with E-state index in [1.165, 1.54) is 42.8 Å². The molecular formula is C22H24N2O7. The summed E-state index contributed by atoms with van der Waals surface area (Å²) < 4.78 is 10.3. The van der Waals surface area contributed by atoms with Crippen molar-refractivity contribution < 1.29 is 34.4 Å². The summed E-state index contributed by atoms with van der Waals surface area (Å²) in [5.41, 5.74) is 0.976. The number of esters is 1. The monoisotopic (exact) mass is 428 g/mol. The molecule has 0 saturated heterocycles. The number of hydrogen-bond donors (Lipinski definition) is 3. The summed E-state index contributed by atoms with van der Waals surface area (Å²) in [7, 11) is 0. The van der Waals surface area contributed by atoms with Crippen LogP contribution in [-0.4, -0.2) is 65.9 Å². The van der Waals surface area contributed by atoms with E-state index in [4.69, 9.17) is 14.6 Å². The van der Waals surface area contributed by atoms with Crippen molar-refractivity contribution in [2.75, 3.05) is 26.4 Å². The fraction of sp³-hybridized carbons (Fsp3) is 0.273. The zero-order chi connectivity index (χ0) is 22.6. The molecule has 164 valence electrons. The molecular weight excluding hydrogens is 404 g/mol. The Bertz CT molecular complexity index is 970. The summed E-state index contributed by atoms with van der Waals surface area (Å²) in [5.74, 6) is -1.75. The molecule has 9 heteroatoms. The summed E-state index contributed by atoms with van der Waals surface area (Å²) in [6.45, 7) is 2.19. The lowest BCUT2D eigenvalue weighted by atomic mass is 10.1. The molecule has 0 aromatic heterocycles. The molecule has 0 amide bonds. The lowest BCUT2D eigenvalue weighted by molar-refractivity contribution is 0.0316. The standard InChI is InChI=1S/C22H24N2O7/c1-2-7-30-8-9-31-22(29)18-11-16(4-6-20(18)27)13-24-23-12-15-3-5-19(26)17(10-15)21(28)14-25/h3-6,10-13,25-27H,2,7-9,14H2,1H3. The van der Waals surface area contributed by atoms with E-state index in [1.807, 2.05) is 6.92 Å². The van der Waals surface area contributed by atoms with Gasteiger partial charge in [-0.2, -0.15) is 10.2 Å². The zero-order valence-corrected chi connectivity index (χ0v) is 17.0. The highest BCUT2D eigenvalue weighted by Gasteiger charge is 2.13. The van der Waals surface area contributed by atoms with Crippen LogP contribution in [0, 0.1) is 0 Å². The number of ketones is 1. The second-order valence-corrected chi connectivity index (χ2v) is 6.37. The first kappa shape index (κ1) is 23.7. The van der Waals surface area contributed by atoms with Crippen molar-refractivity contribution in [3.63, 3.8) is 0 Å². The molecule has 0 unspecified atom stereocenters. The van der Waals surface area contributed by atoms with E-state index in [2.05, 4.69) is 10.2 Å². The van der Waals surface area contributed by atoms with Crippen LogP contribution in [-0.2, 0) is 9.47 Å². The van der Waals surface area contributed by atoms with Gasteiger partial charge in [-0.3, -0.25) is 4.79 Å². The van der Waals surface area contributed by atoms with Crippen molar-refractivity contribution in [1.29, 1.82) is 0 Å². The Hall–Kier alpha value is -3.56. The van der Waals surface area contributed by atoms with Crippen LogP contribution in [0.3, 0.4) is 0 Å². The van der Waals surface area contributed by atoms with Gasteiger partial charge in [0.2, 0.25) is 0 Å². The normalized spacial score (nSPS) is 11.3. The number of phenolic OH excluding ortho intramolecular Hbond substituents is 2. The molecule has 0 heterocycles. The Morgan fingerprint density at radius 2 is 1.48 bits per heavy atom.